The third kappa shape index (κ3) is 4.86. The van der Waals surface area contributed by atoms with Gasteiger partial charge in [-0.25, -0.2) is 5.43 Å². The largest absolute Gasteiger partial charge is 0.329 e. The Hall–Kier alpha value is -3.19. The van der Waals surface area contributed by atoms with E-state index in [-0.39, 0.29) is 0 Å². The number of rotatable bonds is 4. The van der Waals surface area contributed by atoms with Crippen LogP contribution in [-0.2, 0) is 9.59 Å². The van der Waals surface area contributed by atoms with Gasteiger partial charge in [-0.15, -0.1) is 0 Å². The molecule has 0 aliphatic heterocycles. The van der Waals surface area contributed by atoms with Crippen molar-refractivity contribution in [3.63, 3.8) is 0 Å². The first kappa shape index (κ1) is 21.5. The minimum atomic E-state index is -0.828. The molecule has 0 bridgehead atoms. The summed E-state index contributed by atoms with van der Waals surface area (Å²) in [6.45, 7) is 7.90. The second kappa shape index (κ2) is 9.09. The summed E-state index contributed by atoms with van der Waals surface area (Å²) in [7, 11) is 0. The molecular formula is C23H23BrN4O2. The lowest BCUT2D eigenvalue weighted by molar-refractivity contribution is -0.136. The Kier molecular flexibility index (Phi) is 6.52. The molecule has 0 radical (unpaired) electrons. The molecule has 0 aliphatic rings. The number of hydrazone groups is 1. The number of anilines is 1. The number of halogens is 1. The average Bonchev–Trinajstić information content (AvgIpc) is 2.98. The van der Waals surface area contributed by atoms with Gasteiger partial charge in [0.15, 0.2) is 0 Å². The van der Waals surface area contributed by atoms with Crippen LogP contribution in [0.25, 0.3) is 5.69 Å². The molecule has 0 fully saturated rings. The van der Waals surface area contributed by atoms with Gasteiger partial charge in [0, 0.05) is 32.8 Å². The van der Waals surface area contributed by atoms with Gasteiger partial charge in [-0.2, -0.15) is 5.10 Å². The number of benzene rings is 2. The van der Waals surface area contributed by atoms with Gasteiger partial charge < -0.3 is 9.88 Å². The molecule has 0 atom stereocenters. The lowest BCUT2D eigenvalue weighted by Gasteiger charge is -2.09. The Bertz CT molecular complexity index is 1150. The van der Waals surface area contributed by atoms with E-state index in [1.807, 2.05) is 70.2 Å². The Morgan fingerprint density at radius 3 is 2.43 bits per heavy atom. The molecule has 30 heavy (non-hydrogen) atoms. The number of nitrogens with one attached hydrogen (secondary N) is 2. The molecule has 154 valence electrons. The molecule has 0 aliphatic carbocycles. The molecule has 0 saturated carbocycles. The van der Waals surface area contributed by atoms with Crippen LogP contribution in [0.1, 0.15) is 28.1 Å². The van der Waals surface area contributed by atoms with Crippen molar-refractivity contribution in [3.8, 4) is 5.69 Å². The van der Waals surface area contributed by atoms with Gasteiger partial charge in [0.25, 0.3) is 0 Å². The van der Waals surface area contributed by atoms with Gasteiger partial charge in [0.2, 0.25) is 0 Å². The number of nitrogens with zero attached hydrogens (tertiary/aromatic N) is 2. The third-order valence-electron chi connectivity index (χ3n) is 4.88. The lowest BCUT2D eigenvalue weighted by Crippen LogP contribution is -2.32. The Morgan fingerprint density at radius 2 is 1.73 bits per heavy atom. The van der Waals surface area contributed by atoms with Gasteiger partial charge in [0.1, 0.15) is 0 Å². The van der Waals surface area contributed by atoms with Crippen molar-refractivity contribution in [2.75, 3.05) is 5.32 Å². The van der Waals surface area contributed by atoms with Crippen LogP contribution in [-0.4, -0.2) is 22.6 Å². The number of aryl methyl sites for hydroxylation is 3. The van der Waals surface area contributed by atoms with Crippen LogP contribution in [0.15, 0.2) is 58.1 Å². The van der Waals surface area contributed by atoms with Crippen LogP contribution < -0.4 is 10.7 Å². The molecule has 7 heteroatoms. The van der Waals surface area contributed by atoms with Crippen LogP contribution >= 0.6 is 15.9 Å². The fourth-order valence-corrected chi connectivity index (χ4v) is 3.54. The molecule has 2 aromatic carbocycles. The molecule has 0 saturated heterocycles. The Labute approximate surface area is 184 Å². The standard InChI is InChI=1S/C23H23BrN4O2/c1-14-8-9-20(10-15(14)2)26-22(29)23(30)27-25-13-18-11-16(3)28(17(18)4)21-7-5-6-19(24)12-21/h5-13H,1-4H3,(H,26,29)(H,27,30)/b25-13-. The van der Waals surface area contributed by atoms with Crippen molar-refractivity contribution < 1.29 is 9.59 Å². The van der Waals surface area contributed by atoms with Gasteiger partial charge in [0.05, 0.1) is 6.21 Å². The molecular weight excluding hydrogens is 444 g/mol. The van der Waals surface area contributed by atoms with E-state index in [4.69, 9.17) is 0 Å². The second-order valence-corrected chi connectivity index (χ2v) is 8.01. The summed E-state index contributed by atoms with van der Waals surface area (Å²) in [6.07, 6.45) is 1.54. The highest BCUT2D eigenvalue weighted by atomic mass is 79.9. The maximum absolute atomic E-state index is 12.1. The fraction of sp³-hybridized carbons (Fsp3) is 0.174. The summed E-state index contributed by atoms with van der Waals surface area (Å²) < 4.78 is 3.09. The number of amides is 2. The first-order valence-corrected chi connectivity index (χ1v) is 10.2. The van der Waals surface area contributed by atoms with E-state index in [0.29, 0.717) is 5.69 Å². The highest BCUT2D eigenvalue weighted by Gasteiger charge is 2.14. The number of carbonyl (C=O) groups excluding carboxylic acids is 2. The van der Waals surface area contributed by atoms with E-state index in [2.05, 4.69) is 36.3 Å². The maximum Gasteiger partial charge on any atom is 0.329 e. The number of hydrogen-bond donors (Lipinski definition) is 2. The first-order chi connectivity index (χ1) is 14.3. The second-order valence-electron chi connectivity index (χ2n) is 7.09. The molecule has 2 N–H and O–H groups in total. The predicted molar refractivity (Wildman–Crippen MR) is 123 cm³/mol. The van der Waals surface area contributed by atoms with Crippen molar-refractivity contribution in [1.82, 2.24) is 9.99 Å². The smallest absolute Gasteiger partial charge is 0.318 e. The zero-order valence-electron chi connectivity index (χ0n) is 17.3. The Balaban J connectivity index is 1.67. The minimum absolute atomic E-state index is 0.569. The molecule has 0 unspecified atom stereocenters. The van der Waals surface area contributed by atoms with Gasteiger partial charge >= 0.3 is 11.8 Å². The fourth-order valence-electron chi connectivity index (χ4n) is 3.15. The molecule has 2 amide bonds. The highest BCUT2D eigenvalue weighted by molar-refractivity contribution is 9.10. The summed E-state index contributed by atoms with van der Waals surface area (Å²) in [5.41, 5.74) is 8.88. The van der Waals surface area contributed by atoms with E-state index in [9.17, 15) is 9.59 Å². The van der Waals surface area contributed by atoms with Crippen molar-refractivity contribution in [3.05, 3.63) is 81.1 Å². The molecule has 0 spiro atoms. The zero-order valence-corrected chi connectivity index (χ0v) is 18.9. The number of hydrogen-bond acceptors (Lipinski definition) is 3. The summed E-state index contributed by atoms with van der Waals surface area (Å²) in [5.74, 6) is -1.60. The maximum atomic E-state index is 12.1. The van der Waals surface area contributed by atoms with E-state index in [1.54, 1.807) is 6.07 Å². The third-order valence-corrected chi connectivity index (χ3v) is 5.37. The summed E-state index contributed by atoms with van der Waals surface area (Å²) >= 11 is 3.49. The van der Waals surface area contributed by atoms with E-state index >= 15 is 0 Å². The van der Waals surface area contributed by atoms with Crippen LogP contribution in [0.3, 0.4) is 0 Å². The van der Waals surface area contributed by atoms with Crippen molar-refractivity contribution in [2.45, 2.75) is 27.7 Å². The van der Waals surface area contributed by atoms with Crippen LogP contribution in [0.2, 0.25) is 0 Å². The molecule has 6 nitrogen and oxygen atoms in total. The summed E-state index contributed by atoms with van der Waals surface area (Å²) in [4.78, 5) is 24.1. The summed E-state index contributed by atoms with van der Waals surface area (Å²) in [6, 6.07) is 15.4. The minimum Gasteiger partial charge on any atom is -0.318 e. The summed E-state index contributed by atoms with van der Waals surface area (Å²) in [5, 5.41) is 6.53. The van der Waals surface area contributed by atoms with Crippen LogP contribution in [0.4, 0.5) is 5.69 Å². The van der Waals surface area contributed by atoms with E-state index in [1.165, 1.54) is 6.21 Å². The monoisotopic (exact) mass is 466 g/mol. The zero-order chi connectivity index (χ0) is 21.8. The highest BCUT2D eigenvalue weighted by Crippen LogP contribution is 2.22. The van der Waals surface area contributed by atoms with Crippen LogP contribution in [0, 0.1) is 27.7 Å². The van der Waals surface area contributed by atoms with Crippen molar-refractivity contribution in [2.24, 2.45) is 5.10 Å². The van der Waals surface area contributed by atoms with Crippen molar-refractivity contribution in [1.29, 1.82) is 0 Å². The number of aromatic nitrogens is 1. The number of carbonyl (C=O) groups is 2. The molecule has 3 rings (SSSR count). The SMILES string of the molecule is Cc1ccc(NC(=O)C(=O)N/N=C\c2cc(C)n(-c3cccc(Br)c3)c2C)cc1C. The molecule has 3 aromatic rings. The van der Waals surface area contributed by atoms with E-state index in [0.717, 1.165) is 38.2 Å². The quantitative estimate of drug-likeness (QED) is 0.335. The van der Waals surface area contributed by atoms with Gasteiger partial charge in [-0.05, 0) is 75.2 Å². The predicted octanol–water partition coefficient (Wildman–Crippen LogP) is 4.56. The Morgan fingerprint density at radius 1 is 0.967 bits per heavy atom. The van der Waals surface area contributed by atoms with Gasteiger partial charge in [-0.1, -0.05) is 28.1 Å². The van der Waals surface area contributed by atoms with Crippen molar-refractivity contribution >= 4 is 39.6 Å². The average molecular weight is 467 g/mol. The topological polar surface area (TPSA) is 75.5 Å². The normalized spacial score (nSPS) is 11.0. The van der Waals surface area contributed by atoms with Crippen LogP contribution in [0.5, 0.6) is 0 Å². The molecule has 1 heterocycles. The van der Waals surface area contributed by atoms with E-state index < -0.39 is 11.8 Å². The lowest BCUT2D eigenvalue weighted by atomic mass is 10.1. The van der Waals surface area contributed by atoms with Gasteiger partial charge in [-0.3, -0.25) is 9.59 Å². The first-order valence-electron chi connectivity index (χ1n) is 9.43. The molecule has 1 aromatic heterocycles.